The monoisotopic (exact) mass is 158 g/mol. The summed E-state index contributed by atoms with van der Waals surface area (Å²) in [5.41, 5.74) is 0. The summed E-state index contributed by atoms with van der Waals surface area (Å²) >= 11 is 1.14. The lowest BCUT2D eigenvalue weighted by molar-refractivity contribution is 0.204. The van der Waals surface area contributed by atoms with E-state index < -0.39 is 0 Å². The average molecular weight is 158 g/mol. The van der Waals surface area contributed by atoms with Crippen molar-refractivity contribution >= 4 is 23.8 Å². The van der Waals surface area contributed by atoms with Crippen molar-refractivity contribution < 1.29 is 9.63 Å². The zero-order chi connectivity index (χ0) is 7.40. The fraction of sp³-hybridized carbons (Fsp3) is 0.250. The van der Waals surface area contributed by atoms with Crippen LogP contribution in [0.1, 0.15) is 0 Å². The Balaban J connectivity index is 2.73. The molecule has 0 aliphatic heterocycles. The lowest BCUT2D eigenvalue weighted by Gasteiger charge is -2.05. The molecule has 0 saturated heterocycles. The molecule has 5 nitrogen and oxygen atoms in total. The maximum absolute atomic E-state index is 10.0. The van der Waals surface area contributed by atoms with Gasteiger partial charge in [0, 0.05) is 0 Å². The van der Waals surface area contributed by atoms with Crippen LogP contribution in [0.25, 0.3) is 0 Å². The number of amides is 1. The molecule has 1 aromatic heterocycles. The van der Waals surface area contributed by atoms with Crippen LogP contribution in [0.3, 0.4) is 0 Å². The summed E-state index contributed by atoms with van der Waals surface area (Å²) in [4.78, 5) is 14.6. The van der Waals surface area contributed by atoms with Crippen molar-refractivity contribution in [2.24, 2.45) is 0 Å². The summed E-state index contributed by atoms with van der Waals surface area (Å²) in [7, 11) is 1.35. The predicted molar refractivity (Wildman–Crippen MR) is 35.1 cm³/mol. The van der Waals surface area contributed by atoms with Gasteiger partial charge in [0.05, 0.1) is 12.5 Å². The van der Waals surface area contributed by atoms with Crippen molar-refractivity contribution in [3.05, 3.63) is 5.38 Å². The Kier molecular flexibility index (Phi) is 2.30. The molecule has 1 radical (unpaired) electrons. The molecule has 0 aliphatic rings. The van der Waals surface area contributed by atoms with E-state index in [1.54, 1.807) is 5.38 Å². The van der Waals surface area contributed by atoms with Gasteiger partial charge in [0.15, 0.2) is 5.82 Å². The van der Waals surface area contributed by atoms with Gasteiger partial charge in [-0.25, -0.2) is 0 Å². The molecule has 0 saturated carbocycles. The molecule has 53 valence electrons. The first-order valence-corrected chi connectivity index (χ1v) is 3.21. The first-order valence-electron chi connectivity index (χ1n) is 2.37. The average Bonchev–Trinajstić information content (AvgIpc) is 2.43. The fourth-order valence-corrected chi connectivity index (χ4v) is 0.841. The van der Waals surface area contributed by atoms with E-state index in [1.807, 2.05) is 0 Å². The quantitative estimate of drug-likeness (QED) is 0.458. The van der Waals surface area contributed by atoms with Gasteiger partial charge in [-0.05, 0) is 11.5 Å². The van der Waals surface area contributed by atoms with E-state index in [9.17, 15) is 4.79 Å². The molecule has 0 bridgehead atoms. The number of anilines is 1. The van der Waals surface area contributed by atoms with E-state index in [4.69, 9.17) is 0 Å². The molecule has 1 rings (SSSR count). The number of hydroxylamine groups is 1. The maximum Gasteiger partial charge on any atom is 0.344 e. The molecule has 10 heavy (non-hydrogen) atoms. The van der Waals surface area contributed by atoms with Crippen LogP contribution in [0.2, 0.25) is 0 Å². The van der Waals surface area contributed by atoms with E-state index in [2.05, 4.69) is 14.4 Å². The van der Waals surface area contributed by atoms with E-state index in [0.717, 1.165) is 16.6 Å². The van der Waals surface area contributed by atoms with Crippen molar-refractivity contribution in [2.75, 3.05) is 12.2 Å². The lowest BCUT2D eigenvalue weighted by Crippen LogP contribution is -2.19. The highest BCUT2D eigenvalue weighted by Gasteiger charge is 2.06. The molecular formula is C4H4N3O2S. The highest BCUT2D eigenvalue weighted by molar-refractivity contribution is 7.03. The van der Waals surface area contributed by atoms with Gasteiger partial charge < -0.3 is 0 Å². The Bertz CT molecular complexity index is 200. The summed E-state index contributed by atoms with van der Waals surface area (Å²) < 4.78 is 3.53. The molecule has 0 atom stereocenters. The topological polar surface area (TPSA) is 55.3 Å². The summed E-state index contributed by atoms with van der Waals surface area (Å²) in [6.07, 6.45) is 1.52. The van der Waals surface area contributed by atoms with Crippen LogP contribution < -0.4 is 5.06 Å². The first-order chi connectivity index (χ1) is 4.88. The van der Waals surface area contributed by atoms with Crippen molar-refractivity contribution in [1.82, 2.24) is 9.59 Å². The smallest absolute Gasteiger partial charge is 0.267 e. The number of hydrogen-bond acceptors (Lipinski definition) is 5. The lowest BCUT2D eigenvalue weighted by atomic mass is 10.8. The largest absolute Gasteiger partial charge is 0.344 e. The minimum absolute atomic E-state index is 0.350. The van der Waals surface area contributed by atoms with Gasteiger partial charge in [0.2, 0.25) is 0 Å². The van der Waals surface area contributed by atoms with Crippen LogP contribution in [-0.2, 0) is 9.63 Å². The van der Waals surface area contributed by atoms with Gasteiger partial charge >= 0.3 is 6.41 Å². The molecule has 0 fully saturated rings. The van der Waals surface area contributed by atoms with Crippen LogP contribution in [0, 0.1) is 0 Å². The summed E-state index contributed by atoms with van der Waals surface area (Å²) in [5.74, 6) is 0.350. The van der Waals surface area contributed by atoms with Gasteiger partial charge in [-0.15, -0.1) is 5.10 Å². The predicted octanol–water partition coefficient (Wildman–Crippen LogP) is -0.0269. The van der Waals surface area contributed by atoms with Crippen LogP contribution in [0.5, 0.6) is 0 Å². The third-order valence-electron chi connectivity index (χ3n) is 0.822. The number of aromatic nitrogens is 2. The van der Waals surface area contributed by atoms with Crippen LogP contribution in [0.15, 0.2) is 5.38 Å². The number of nitrogens with zero attached hydrogens (tertiary/aromatic N) is 3. The second kappa shape index (κ2) is 3.23. The molecule has 1 amide bonds. The molecule has 0 aliphatic carbocycles. The van der Waals surface area contributed by atoms with E-state index in [1.165, 1.54) is 13.5 Å². The number of hydrogen-bond donors (Lipinski definition) is 0. The SMILES string of the molecule is CON([C]=O)c1csnn1. The molecule has 0 N–H and O–H groups in total. The Morgan fingerprint density at radius 3 is 3.10 bits per heavy atom. The number of carbonyl (C=O) groups excluding carboxylic acids is 1. The second-order valence-electron chi connectivity index (χ2n) is 1.33. The molecule has 1 aromatic rings. The highest BCUT2D eigenvalue weighted by atomic mass is 32.1. The van der Waals surface area contributed by atoms with Crippen LogP contribution in [-0.4, -0.2) is 23.1 Å². The highest BCUT2D eigenvalue weighted by Crippen LogP contribution is 2.08. The third kappa shape index (κ3) is 1.28. The standard InChI is InChI=1S/C4H4N3O2S/c1-9-7(3-8)4-2-10-6-5-4/h2H,1H3. The van der Waals surface area contributed by atoms with Crippen molar-refractivity contribution in [3.8, 4) is 0 Å². The van der Waals surface area contributed by atoms with Crippen molar-refractivity contribution in [1.29, 1.82) is 0 Å². The minimum Gasteiger partial charge on any atom is -0.267 e. The van der Waals surface area contributed by atoms with Crippen LogP contribution in [0.4, 0.5) is 5.82 Å². The number of rotatable bonds is 3. The molecular weight excluding hydrogens is 154 g/mol. The zero-order valence-electron chi connectivity index (χ0n) is 5.14. The Morgan fingerprint density at radius 2 is 2.70 bits per heavy atom. The Labute approximate surface area is 61.3 Å². The van der Waals surface area contributed by atoms with Gasteiger partial charge in [-0.1, -0.05) is 4.49 Å². The molecule has 1 heterocycles. The summed E-state index contributed by atoms with van der Waals surface area (Å²) in [5, 5.41) is 6.01. The van der Waals surface area contributed by atoms with Crippen molar-refractivity contribution in [3.63, 3.8) is 0 Å². The summed E-state index contributed by atoms with van der Waals surface area (Å²) in [6, 6.07) is 0. The maximum atomic E-state index is 10.0. The minimum atomic E-state index is 0.350. The van der Waals surface area contributed by atoms with Gasteiger partial charge in [-0.2, -0.15) is 5.06 Å². The zero-order valence-corrected chi connectivity index (χ0v) is 5.96. The molecule has 0 spiro atoms. The second-order valence-corrected chi connectivity index (χ2v) is 1.94. The molecule has 0 aromatic carbocycles. The first kappa shape index (κ1) is 7.10. The van der Waals surface area contributed by atoms with Gasteiger partial charge in [-0.3, -0.25) is 9.63 Å². The van der Waals surface area contributed by atoms with E-state index in [-0.39, 0.29) is 0 Å². The Hall–Kier alpha value is -1.01. The van der Waals surface area contributed by atoms with E-state index >= 15 is 0 Å². The van der Waals surface area contributed by atoms with E-state index in [0.29, 0.717) is 5.82 Å². The normalized spacial score (nSPS) is 9.30. The van der Waals surface area contributed by atoms with Crippen molar-refractivity contribution in [2.45, 2.75) is 0 Å². The third-order valence-corrected chi connectivity index (χ3v) is 1.31. The van der Waals surface area contributed by atoms with Crippen LogP contribution >= 0.6 is 11.5 Å². The Morgan fingerprint density at radius 1 is 1.90 bits per heavy atom. The molecule has 6 heteroatoms. The summed E-state index contributed by atoms with van der Waals surface area (Å²) in [6.45, 7) is 0. The molecule has 0 unspecified atom stereocenters. The fourth-order valence-electron chi connectivity index (χ4n) is 0.426. The van der Waals surface area contributed by atoms with Gasteiger partial charge in [0.1, 0.15) is 0 Å². The van der Waals surface area contributed by atoms with Gasteiger partial charge in [0.25, 0.3) is 0 Å².